The average Bonchev–Trinajstić information content (AvgIpc) is 0.848. The molecule has 10 unspecified atom stereocenters. The molecule has 0 saturated heterocycles. The third-order valence-electron chi connectivity index (χ3n) is 25.1. The van der Waals surface area contributed by atoms with Gasteiger partial charge in [0.05, 0.1) is 34.0 Å². The minimum atomic E-state index is -0.304. The summed E-state index contributed by atoms with van der Waals surface area (Å²) < 4.78 is 56.4. The number of hydrogen-bond acceptors (Lipinski definition) is 14. The average molecular weight is 1710 g/mol. The molecule has 14 heteroatoms. The predicted octanol–water partition coefficient (Wildman–Crippen LogP) is 30.8. The largest absolute Gasteiger partial charge is 0.508 e. The number of aromatic hydroxyl groups is 3. The highest BCUT2D eigenvalue weighted by atomic mass is 16.7. The van der Waals surface area contributed by atoms with Gasteiger partial charge in [0.2, 0.25) is 0 Å². The van der Waals surface area contributed by atoms with Gasteiger partial charge in [-0.1, -0.05) is 265 Å². The van der Waals surface area contributed by atoms with Gasteiger partial charge in [-0.05, 0) is 292 Å². The van der Waals surface area contributed by atoms with Crippen LogP contribution in [-0.4, -0.2) is 80.8 Å². The summed E-state index contributed by atoms with van der Waals surface area (Å²) in [5.41, 5.74) is 10.5. The van der Waals surface area contributed by atoms with Crippen molar-refractivity contribution in [2.75, 3.05) is 40.6 Å². The molecule has 3 aliphatic carbocycles. The smallest absolute Gasteiger partial charge is 0.308 e. The van der Waals surface area contributed by atoms with E-state index in [1.165, 1.54) is 161 Å². The normalized spacial score (nSPS) is 15.8. The second kappa shape index (κ2) is 60.8. The van der Waals surface area contributed by atoms with Crippen LogP contribution in [0.3, 0.4) is 0 Å². The molecule has 8 aromatic carbocycles. The highest BCUT2D eigenvalue weighted by molar-refractivity contribution is 5.69. The third kappa shape index (κ3) is 41.2. The topological polar surface area (TPSA) is 170 Å². The van der Waals surface area contributed by atoms with Crippen molar-refractivity contribution in [1.82, 2.24) is 0 Å². The molecular weight excluding hydrogens is 1550 g/mol. The molecule has 3 fully saturated rings. The van der Waals surface area contributed by atoms with E-state index >= 15 is 0 Å². The van der Waals surface area contributed by atoms with Gasteiger partial charge in [0.25, 0.3) is 0 Å². The Balaban J connectivity index is 0.000000265. The number of hydrogen-bond donors (Lipinski definition) is 3. The fraction of sp³-hybridized carbons (Fsp3) is 0.555. The van der Waals surface area contributed by atoms with Crippen molar-refractivity contribution in [3.05, 3.63) is 226 Å². The minimum absolute atomic E-state index is 0.168. The molecule has 124 heavy (non-hydrogen) atoms. The number of ether oxygens (including phenoxy) is 10. The molecule has 3 aliphatic rings. The number of benzene rings is 8. The quantitative estimate of drug-likeness (QED) is 0.0145. The van der Waals surface area contributed by atoms with Crippen molar-refractivity contribution in [2.24, 2.45) is 11.8 Å². The van der Waals surface area contributed by atoms with E-state index in [9.17, 15) is 9.90 Å². The van der Waals surface area contributed by atoms with Crippen LogP contribution >= 0.6 is 0 Å². The van der Waals surface area contributed by atoms with Crippen LogP contribution < -0.4 is 33.2 Å². The number of esters is 1. The van der Waals surface area contributed by atoms with Gasteiger partial charge in [-0.3, -0.25) is 4.79 Å². The van der Waals surface area contributed by atoms with Crippen LogP contribution in [0.4, 0.5) is 0 Å². The maximum Gasteiger partial charge on any atom is 0.308 e. The molecule has 0 radical (unpaired) electrons. The van der Waals surface area contributed by atoms with E-state index in [4.69, 9.17) is 57.6 Å². The van der Waals surface area contributed by atoms with E-state index in [0.717, 1.165) is 105 Å². The van der Waals surface area contributed by atoms with Crippen molar-refractivity contribution in [1.29, 1.82) is 0 Å². The van der Waals surface area contributed by atoms with Gasteiger partial charge in [0, 0.05) is 6.92 Å². The van der Waals surface area contributed by atoms with Gasteiger partial charge < -0.3 is 62.7 Å². The van der Waals surface area contributed by atoms with Gasteiger partial charge in [-0.25, -0.2) is 0 Å². The van der Waals surface area contributed by atoms with Gasteiger partial charge in [-0.15, -0.1) is 0 Å². The van der Waals surface area contributed by atoms with Crippen molar-refractivity contribution in [3.63, 3.8) is 0 Å². The lowest BCUT2D eigenvalue weighted by Gasteiger charge is -2.23. The van der Waals surface area contributed by atoms with Gasteiger partial charge >= 0.3 is 5.97 Å². The Morgan fingerprint density at radius 2 is 0.629 bits per heavy atom. The van der Waals surface area contributed by atoms with Crippen LogP contribution in [-0.2, 0) is 19.0 Å². The van der Waals surface area contributed by atoms with E-state index in [1.54, 1.807) is 44.6 Å². The van der Waals surface area contributed by atoms with Crippen molar-refractivity contribution in [3.8, 4) is 57.5 Å². The number of rotatable bonds is 37. The zero-order chi connectivity index (χ0) is 90.6. The third-order valence-corrected chi connectivity index (χ3v) is 25.1. The Hall–Kier alpha value is -8.69. The van der Waals surface area contributed by atoms with Crippen LogP contribution in [0, 0.1) is 11.8 Å². The Labute approximate surface area is 750 Å². The van der Waals surface area contributed by atoms with Gasteiger partial charge in [0.15, 0.2) is 41.9 Å². The highest BCUT2D eigenvalue weighted by Crippen LogP contribution is 2.37. The summed E-state index contributed by atoms with van der Waals surface area (Å²) in [6.45, 7) is 40.6. The lowest BCUT2D eigenvalue weighted by atomic mass is 9.84. The van der Waals surface area contributed by atoms with Crippen LogP contribution in [0.1, 0.15) is 371 Å². The fourth-order valence-corrected chi connectivity index (χ4v) is 15.2. The molecule has 0 heterocycles. The van der Waals surface area contributed by atoms with Gasteiger partial charge in [0.1, 0.15) is 41.1 Å². The Bertz CT molecular complexity index is 3980. The van der Waals surface area contributed by atoms with E-state index in [1.807, 2.05) is 99.6 Å². The zero-order valence-electron chi connectivity index (χ0n) is 80.0. The van der Waals surface area contributed by atoms with E-state index in [0.29, 0.717) is 77.6 Å². The van der Waals surface area contributed by atoms with E-state index in [2.05, 4.69) is 170 Å². The predicted molar refractivity (Wildman–Crippen MR) is 514 cm³/mol. The second-order valence-corrected chi connectivity index (χ2v) is 34.5. The summed E-state index contributed by atoms with van der Waals surface area (Å²) in [6.07, 6.45) is 30.2. The summed E-state index contributed by atoms with van der Waals surface area (Å²) >= 11 is 0. The number of phenolic OH excluding ortho intramolecular Hbond substituents is 3. The minimum Gasteiger partial charge on any atom is -0.508 e. The molecule has 0 aliphatic heterocycles. The van der Waals surface area contributed by atoms with Crippen molar-refractivity contribution < 1.29 is 67.5 Å². The molecule has 11 rings (SSSR count). The van der Waals surface area contributed by atoms with E-state index in [-0.39, 0.29) is 30.6 Å². The lowest BCUT2D eigenvalue weighted by molar-refractivity contribution is -0.131. The molecule has 3 N–H and O–H groups in total. The number of carbonyl (C=O) groups excluding carboxylic acids is 1. The number of carbonyl (C=O) groups is 1. The molecule has 0 amide bonds. The molecule has 8 aromatic rings. The molecule has 0 spiro atoms. The van der Waals surface area contributed by atoms with Crippen LogP contribution in [0.2, 0.25) is 0 Å². The van der Waals surface area contributed by atoms with Gasteiger partial charge in [-0.2, -0.15) is 0 Å². The SMILES string of the molecule is CCC(C)c1ccc(O)c(OC)c1.CCC(C)c1ccc(O)cc1.CCC(C)c1ccc(O)cc1.CCC(C)c1ccc(OC(C)=O)cc1.CCC(C)c1ccc(OC(C)OCCC2CCCCC2)c(OC)c1.CCC(C)c1ccc(OC(C)OCCC2CCCCC2)cc1.CCC(C)c1ccc(OC(C)OCCOc2ccc(C3CCCCC3)cc2)cc1. The Kier molecular flexibility index (Phi) is 51.9. The van der Waals surface area contributed by atoms with Crippen LogP contribution in [0.15, 0.2) is 182 Å². The molecular formula is C110H162O14. The van der Waals surface area contributed by atoms with Crippen LogP contribution in [0.25, 0.3) is 0 Å². The summed E-state index contributed by atoms with van der Waals surface area (Å²) in [6, 6.07) is 59.6. The first-order valence-electron chi connectivity index (χ1n) is 47.5. The lowest BCUT2D eigenvalue weighted by Crippen LogP contribution is -2.19. The first-order chi connectivity index (χ1) is 59.8. The van der Waals surface area contributed by atoms with E-state index < -0.39 is 0 Å². The summed E-state index contributed by atoms with van der Waals surface area (Å²) in [5.74, 6) is 12.4. The molecule has 686 valence electrons. The number of methoxy groups -OCH3 is 2. The second-order valence-electron chi connectivity index (χ2n) is 34.5. The first-order valence-corrected chi connectivity index (χ1v) is 47.5. The van der Waals surface area contributed by atoms with Crippen molar-refractivity contribution >= 4 is 5.97 Å². The monoisotopic (exact) mass is 1710 g/mol. The summed E-state index contributed by atoms with van der Waals surface area (Å²) in [4.78, 5) is 10.7. The zero-order valence-corrected chi connectivity index (χ0v) is 80.0. The summed E-state index contributed by atoms with van der Waals surface area (Å²) in [7, 11) is 3.26. The standard InChI is InChI=1S/C26H36O3.C21H34O3.C20H32O2.C12H16O2.C11H16O2.2C10H14O/c1-4-20(2)22-10-16-26(17-11-22)29-21(3)27-18-19-28-25-14-12-24(13-15-25)23-8-6-5-7-9-23;1-5-16(2)19-11-12-20(21(15-19)22-4)24-17(3)23-14-13-18-9-7-6-8-10-18;1-4-16(2)19-10-12-20(13-11-19)22-17(3)21-15-14-18-8-6-5-7-9-18;1-4-9(2)11-5-7-12(8-6-11)14-10(3)13;1-4-8(2)9-5-6-10(12)11(7-9)13-3;2*1-3-8(2)9-4-6-10(11)7-5-9/h10-17,20-21,23H,4-9,18-19H2,1-3H3;11-12,15-18H,5-10,13-14H2,1-4H3;10-13,16-18H,4-9,14-15H2,1-3H3;5-9H,4H2,1-3H3;5-8,12H,4H2,1-3H3;2*4-8,11H,3H2,1-2H3. The molecule has 0 aromatic heterocycles. The maximum absolute atomic E-state index is 10.7. The molecule has 0 bridgehead atoms. The Morgan fingerprint density at radius 1 is 0.323 bits per heavy atom. The Morgan fingerprint density at radius 3 is 0.992 bits per heavy atom. The maximum atomic E-state index is 10.7. The molecule has 10 atom stereocenters. The highest BCUT2D eigenvalue weighted by Gasteiger charge is 2.20. The van der Waals surface area contributed by atoms with Crippen LogP contribution in [0.5, 0.6) is 57.5 Å². The molecule has 3 saturated carbocycles. The molecule has 14 nitrogen and oxygen atoms in total. The fourth-order valence-electron chi connectivity index (χ4n) is 15.2. The first kappa shape index (κ1) is 106. The van der Waals surface area contributed by atoms with Crippen molar-refractivity contribution in [2.45, 2.75) is 345 Å². The number of phenols is 3. The summed E-state index contributed by atoms with van der Waals surface area (Å²) in [5, 5.41) is 27.4.